The first kappa shape index (κ1) is 29.6. The van der Waals surface area contributed by atoms with Crippen molar-refractivity contribution in [3.8, 4) is 28.4 Å². The lowest BCUT2D eigenvalue weighted by Gasteiger charge is -2.13. The Morgan fingerprint density at radius 3 is 1.58 bits per heavy atom. The molecule has 3 nitrogen and oxygen atoms in total. The van der Waals surface area contributed by atoms with E-state index < -0.39 is 28.9 Å². The second-order valence-electron chi connectivity index (χ2n) is 10.4. The quantitative estimate of drug-likeness (QED) is 0.145. The Kier molecular flexibility index (Phi) is 6.77. The molecule has 0 bridgehead atoms. The maximum Gasteiger partial charge on any atom is 0.417 e. The molecule has 0 aliphatic heterocycles. The highest BCUT2D eigenvalue weighted by Gasteiger charge is 2.34. The van der Waals surface area contributed by atoms with E-state index >= 15 is 0 Å². The monoisotopic (exact) mass is 610 g/mol. The molecule has 7 aromatic carbocycles. The summed E-state index contributed by atoms with van der Waals surface area (Å²) in [6, 6.07) is 23.0. The first-order valence-corrected chi connectivity index (χ1v) is 13.3. The minimum atomic E-state index is -4.60. The molecule has 0 aromatic heterocycles. The summed E-state index contributed by atoms with van der Waals surface area (Å²) in [7, 11) is 0. The number of rotatable bonds is 2. The molecule has 0 saturated heterocycles. The van der Waals surface area contributed by atoms with E-state index in [2.05, 4.69) is 4.99 Å². The summed E-state index contributed by atoms with van der Waals surface area (Å²) < 4.78 is 82.7. The molecule has 0 heterocycles. The van der Waals surface area contributed by atoms with Gasteiger partial charge < -0.3 is 0 Å². The van der Waals surface area contributed by atoms with Crippen molar-refractivity contribution in [2.75, 3.05) is 0 Å². The number of benzene rings is 5. The molecular formula is C36H20F6N2O. The smallest absolute Gasteiger partial charge is 0.289 e. The van der Waals surface area contributed by atoms with E-state index in [0.717, 1.165) is 12.1 Å². The maximum absolute atomic E-state index is 14.0. The van der Waals surface area contributed by atoms with Crippen molar-refractivity contribution in [2.45, 2.75) is 19.8 Å². The predicted molar refractivity (Wildman–Crippen MR) is 164 cm³/mol. The van der Waals surface area contributed by atoms with E-state index in [9.17, 15) is 36.4 Å². The first-order chi connectivity index (χ1) is 21.0. The molecule has 45 heavy (non-hydrogen) atoms. The van der Waals surface area contributed by atoms with Crippen LogP contribution < -0.4 is 10.8 Å². The fourth-order valence-electron chi connectivity index (χ4n) is 6.21. The van der Waals surface area contributed by atoms with Gasteiger partial charge in [-0.05, 0) is 62.7 Å². The first-order valence-electron chi connectivity index (χ1n) is 13.3. The molecule has 0 aliphatic carbocycles. The van der Waals surface area contributed by atoms with E-state index in [1.165, 1.54) is 54.6 Å². The summed E-state index contributed by atoms with van der Waals surface area (Å²) in [5, 5.41) is 13.2. The highest BCUT2D eigenvalue weighted by Crippen LogP contribution is 2.41. The van der Waals surface area contributed by atoms with Crippen molar-refractivity contribution in [3.05, 3.63) is 124 Å². The van der Waals surface area contributed by atoms with Gasteiger partial charge in [0, 0.05) is 26.9 Å². The summed E-state index contributed by atoms with van der Waals surface area (Å²) in [5.41, 5.74) is -1.66. The number of hydrogen-bond acceptors (Lipinski definition) is 3. The Bertz CT molecular complexity index is 2460. The van der Waals surface area contributed by atoms with Gasteiger partial charge in [0.05, 0.1) is 16.5 Å². The van der Waals surface area contributed by atoms with Gasteiger partial charge in [-0.15, -0.1) is 0 Å². The summed E-state index contributed by atoms with van der Waals surface area (Å²) >= 11 is 0. The lowest BCUT2D eigenvalue weighted by Crippen LogP contribution is -2.07. The van der Waals surface area contributed by atoms with Crippen molar-refractivity contribution < 1.29 is 26.3 Å². The average molecular weight is 611 g/mol. The minimum absolute atomic E-state index is 0. The number of halogens is 6. The molecule has 9 heteroatoms. The topological polar surface area (TPSA) is 53.2 Å². The molecule has 222 valence electrons. The highest BCUT2D eigenvalue weighted by molar-refractivity contribution is 6.28. The van der Waals surface area contributed by atoms with E-state index in [0.29, 0.717) is 37.7 Å². The molecule has 0 N–H and O–H groups in total. The van der Waals surface area contributed by atoms with Crippen molar-refractivity contribution in [1.82, 2.24) is 0 Å². The number of fused-ring (bicyclic) bond motifs is 7. The van der Waals surface area contributed by atoms with E-state index in [1.807, 2.05) is 0 Å². The largest absolute Gasteiger partial charge is 0.417 e. The van der Waals surface area contributed by atoms with Crippen molar-refractivity contribution in [2.24, 2.45) is 4.99 Å². The van der Waals surface area contributed by atoms with Crippen LogP contribution in [0.4, 0.5) is 26.3 Å². The van der Waals surface area contributed by atoms with Gasteiger partial charge in [0.2, 0.25) is 6.19 Å². The van der Waals surface area contributed by atoms with Gasteiger partial charge in [-0.2, -0.15) is 36.6 Å². The molecule has 0 atom stereocenters. The molecule has 0 unspecified atom stereocenters. The third-order valence-electron chi connectivity index (χ3n) is 8.03. The summed E-state index contributed by atoms with van der Waals surface area (Å²) in [6.45, 7) is 0. The van der Waals surface area contributed by atoms with Crippen LogP contribution in [0.3, 0.4) is 0 Å². The Morgan fingerprint density at radius 2 is 1.02 bits per heavy atom. The molecule has 0 radical (unpaired) electrons. The van der Waals surface area contributed by atoms with Crippen molar-refractivity contribution in [3.63, 3.8) is 0 Å². The Morgan fingerprint density at radius 1 is 0.556 bits per heavy atom. The second-order valence-corrected chi connectivity index (χ2v) is 10.4. The molecule has 7 aromatic rings. The number of hydrogen-bond donors (Lipinski definition) is 0. The van der Waals surface area contributed by atoms with Gasteiger partial charge in [-0.25, -0.2) is 0 Å². The van der Waals surface area contributed by atoms with Crippen LogP contribution in [0.2, 0.25) is 0 Å². The van der Waals surface area contributed by atoms with Gasteiger partial charge in [0.15, 0.2) is 5.43 Å². The van der Waals surface area contributed by atoms with Crippen molar-refractivity contribution in [1.29, 1.82) is 5.26 Å². The fourth-order valence-corrected chi connectivity index (χ4v) is 6.21. The summed E-state index contributed by atoms with van der Waals surface area (Å²) in [6.07, 6.45) is -7.43. The number of nitriles is 1. The Balaban J connectivity index is 0.00000357. The summed E-state index contributed by atoms with van der Waals surface area (Å²) in [5.74, 6) is 0. The van der Waals surface area contributed by atoms with E-state index in [-0.39, 0.29) is 40.4 Å². The van der Waals surface area contributed by atoms with Crippen LogP contribution in [0.15, 0.2) is 107 Å². The second kappa shape index (κ2) is 10.3. The molecule has 0 saturated carbocycles. The SMILES string of the molecule is C.N#CN=c1c2cc(-c3ccccc3C(F)(F)F)ccc2c2c1ccc1c3ccc(-c4ccccc4C(F)(F)F)cc3c(=O)c12. The Labute approximate surface area is 251 Å². The zero-order valence-electron chi connectivity index (χ0n) is 22.3. The third-order valence-corrected chi connectivity index (χ3v) is 8.03. The molecule has 0 aliphatic rings. The van der Waals surface area contributed by atoms with Crippen LogP contribution >= 0.6 is 0 Å². The maximum atomic E-state index is 14.0. The predicted octanol–water partition coefficient (Wildman–Crippen LogP) is 9.92. The van der Waals surface area contributed by atoms with Gasteiger partial charge >= 0.3 is 12.4 Å². The molecule has 7 rings (SSSR count). The van der Waals surface area contributed by atoms with Crippen LogP contribution in [0, 0.1) is 11.5 Å². The molecule has 0 spiro atoms. The van der Waals surface area contributed by atoms with E-state index in [4.69, 9.17) is 0 Å². The highest BCUT2D eigenvalue weighted by atomic mass is 19.4. The van der Waals surface area contributed by atoms with Crippen LogP contribution in [0.25, 0.3) is 65.3 Å². The lowest BCUT2D eigenvalue weighted by atomic mass is 9.97. The van der Waals surface area contributed by atoms with Crippen LogP contribution in [-0.2, 0) is 12.4 Å². The minimum Gasteiger partial charge on any atom is -0.289 e. The van der Waals surface area contributed by atoms with Crippen LogP contribution in [0.1, 0.15) is 18.6 Å². The normalized spacial score (nSPS) is 12.7. The molecule has 0 amide bonds. The number of alkyl halides is 6. The standard InChI is InChI=1S/C35H16F6N2O.CH4/c36-34(37,38)28-7-3-1-5-20(28)18-10-12-24-26(15-18)32(43-17-42)25-14-13-23-22-11-9-19(16-27(22)33(44)31(23)30(24)25)21-6-2-4-8-29(21)35(39,40)41;/h1-16H;1H4. The van der Waals surface area contributed by atoms with Gasteiger partial charge in [-0.1, -0.05) is 80.2 Å². The average Bonchev–Trinajstić information content (AvgIpc) is 3.47. The number of nitrogens with zero attached hydrogens (tertiary/aromatic N) is 2. The van der Waals surface area contributed by atoms with Crippen LogP contribution in [0.5, 0.6) is 0 Å². The Hall–Kier alpha value is -5.49. The lowest BCUT2D eigenvalue weighted by molar-refractivity contribution is -0.137. The van der Waals surface area contributed by atoms with Crippen LogP contribution in [-0.4, -0.2) is 0 Å². The van der Waals surface area contributed by atoms with Gasteiger partial charge in [0.1, 0.15) is 0 Å². The third kappa shape index (κ3) is 4.52. The van der Waals surface area contributed by atoms with Gasteiger partial charge in [0.25, 0.3) is 0 Å². The molecular weight excluding hydrogens is 590 g/mol. The van der Waals surface area contributed by atoms with Crippen molar-refractivity contribution >= 4 is 43.1 Å². The summed E-state index contributed by atoms with van der Waals surface area (Å²) in [4.78, 5) is 18.0. The fraction of sp³-hybridized carbons (Fsp3) is 0.0833. The van der Waals surface area contributed by atoms with E-state index in [1.54, 1.807) is 36.5 Å². The zero-order valence-corrected chi connectivity index (χ0v) is 22.3. The van der Waals surface area contributed by atoms with Gasteiger partial charge in [-0.3, -0.25) is 4.79 Å². The molecule has 0 fully saturated rings. The zero-order chi connectivity index (χ0) is 31.0.